The van der Waals surface area contributed by atoms with E-state index < -0.39 is 16.1 Å². The van der Waals surface area contributed by atoms with E-state index in [0.29, 0.717) is 25.4 Å². The molecule has 256 valence electrons. The van der Waals surface area contributed by atoms with Crippen LogP contribution in [0.2, 0.25) is 0 Å². The number of rotatable bonds is 10. The van der Waals surface area contributed by atoms with Crippen LogP contribution in [0.3, 0.4) is 0 Å². The predicted molar refractivity (Wildman–Crippen MR) is 183 cm³/mol. The number of fused-ring (bicyclic) bond motifs is 1. The molecule has 2 N–H and O–H groups in total. The molecule has 11 heteroatoms. The number of likely N-dealkylation sites (N-methyl/N-ethyl adjacent to an activating group) is 1. The van der Waals surface area contributed by atoms with Gasteiger partial charge in [0.2, 0.25) is 0 Å². The highest BCUT2D eigenvalue weighted by molar-refractivity contribution is 7.92. The van der Waals surface area contributed by atoms with Gasteiger partial charge in [-0.2, -0.15) is 0 Å². The second kappa shape index (κ2) is 17.0. The largest absolute Gasteiger partial charge is 0.497 e. The molecule has 1 heterocycles. The molecule has 0 aromatic heterocycles. The van der Waals surface area contributed by atoms with Crippen molar-refractivity contribution in [2.75, 3.05) is 45.2 Å². The van der Waals surface area contributed by atoms with Gasteiger partial charge >= 0.3 is 0 Å². The predicted octanol–water partition coefficient (Wildman–Crippen LogP) is 5.42. The first-order valence-electron chi connectivity index (χ1n) is 16.2. The summed E-state index contributed by atoms with van der Waals surface area (Å²) in [5.74, 6) is 0.738. The van der Waals surface area contributed by atoms with Crippen molar-refractivity contribution in [3.8, 4) is 11.5 Å². The van der Waals surface area contributed by atoms with Gasteiger partial charge < -0.3 is 24.2 Å². The van der Waals surface area contributed by atoms with Crippen molar-refractivity contribution in [2.45, 2.75) is 69.7 Å². The number of aliphatic hydroxyl groups is 1. The van der Waals surface area contributed by atoms with Crippen LogP contribution in [0.15, 0.2) is 77.7 Å². The van der Waals surface area contributed by atoms with Crippen LogP contribution in [0.4, 0.5) is 5.69 Å². The summed E-state index contributed by atoms with van der Waals surface area (Å²) in [7, 11) is -0.185. The van der Waals surface area contributed by atoms with Crippen molar-refractivity contribution >= 4 is 21.6 Å². The fourth-order valence-corrected chi connectivity index (χ4v) is 6.75. The van der Waals surface area contributed by atoms with Gasteiger partial charge in [-0.1, -0.05) is 37.3 Å². The zero-order valence-electron chi connectivity index (χ0n) is 28.1. The lowest BCUT2D eigenvalue weighted by Crippen LogP contribution is -2.47. The Hall–Kier alpha value is -3.64. The number of carbonyl (C=O) groups is 1. The highest BCUT2D eigenvalue weighted by Gasteiger charge is 2.30. The van der Waals surface area contributed by atoms with E-state index in [9.17, 15) is 18.3 Å². The van der Waals surface area contributed by atoms with Crippen LogP contribution < -0.4 is 14.2 Å². The Morgan fingerprint density at radius 1 is 1.06 bits per heavy atom. The Morgan fingerprint density at radius 3 is 2.47 bits per heavy atom. The van der Waals surface area contributed by atoms with E-state index in [1.54, 1.807) is 49.3 Å². The van der Waals surface area contributed by atoms with Crippen LogP contribution in [0.25, 0.3) is 0 Å². The SMILES string of the molecule is COc1ccc(CN(C)C[C@@H]2OCCCC[C@@H](C)Oc3ccc(NS(=O)(=O)c4ccccc4)cc3C(=O)N([C@@H](C)CO)C[C@H]2C)cc1. The van der Waals surface area contributed by atoms with Crippen molar-refractivity contribution in [1.29, 1.82) is 0 Å². The number of benzene rings is 3. The van der Waals surface area contributed by atoms with Gasteiger partial charge in [0.1, 0.15) is 11.5 Å². The molecule has 4 rings (SSSR count). The average Bonchev–Trinajstić information content (AvgIpc) is 3.06. The van der Waals surface area contributed by atoms with Crippen LogP contribution in [0.1, 0.15) is 56.0 Å². The van der Waals surface area contributed by atoms with E-state index in [4.69, 9.17) is 14.2 Å². The Bertz CT molecular complexity index is 1540. The van der Waals surface area contributed by atoms with E-state index in [1.165, 1.54) is 18.2 Å². The maximum atomic E-state index is 14.4. The van der Waals surface area contributed by atoms with Crippen LogP contribution in [0.5, 0.6) is 11.5 Å². The maximum Gasteiger partial charge on any atom is 0.261 e. The lowest BCUT2D eigenvalue weighted by Gasteiger charge is -2.36. The quantitative estimate of drug-likeness (QED) is 0.294. The van der Waals surface area contributed by atoms with Gasteiger partial charge in [-0.3, -0.25) is 14.4 Å². The molecule has 0 radical (unpaired) electrons. The lowest BCUT2D eigenvalue weighted by molar-refractivity contribution is -0.0177. The molecule has 1 aliphatic heterocycles. The number of hydrogen-bond donors (Lipinski definition) is 2. The van der Waals surface area contributed by atoms with Crippen molar-refractivity contribution in [1.82, 2.24) is 9.80 Å². The number of hydrogen-bond acceptors (Lipinski definition) is 8. The van der Waals surface area contributed by atoms with Gasteiger partial charge in [-0.15, -0.1) is 0 Å². The van der Waals surface area contributed by atoms with Gasteiger partial charge in [0, 0.05) is 37.8 Å². The number of nitrogens with zero attached hydrogens (tertiary/aromatic N) is 2. The Morgan fingerprint density at radius 2 is 1.79 bits per heavy atom. The van der Waals surface area contributed by atoms with Crippen LogP contribution in [-0.2, 0) is 21.3 Å². The van der Waals surface area contributed by atoms with Crippen LogP contribution in [-0.4, -0.2) is 87.9 Å². The van der Waals surface area contributed by atoms with E-state index >= 15 is 0 Å². The number of anilines is 1. The summed E-state index contributed by atoms with van der Waals surface area (Å²) in [6.07, 6.45) is 2.14. The molecule has 0 saturated carbocycles. The molecular formula is C36H49N3O7S. The van der Waals surface area contributed by atoms with E-state index in [1.807, 2.05) is 31.2 Å². The second-order valence-electron chi connectivity index (χ2n) is 12.5. The first-order chi connectivity index (χ1) is 22.5. The molecule has 0 aliphatic carbocycles. The third kappa shape index (κ3) is 10.2. The topological polar surface area (TPSA) is 118 Å². The Labute approximate surface area is 279 Å². The van der Waals surface area contributed by atoms with Crippen molar-refractivity contribution in [3.05, 3.63) is 83.9 Å². The summed E-state index contributed by atoms with van der Waals surface area (Å²) in [5.41, 5.74) is 1.62. The standard InChI is InChI=1S/C36H49N3O7S/c1-26-22-39(27(2)25-40)36(41)33-21-30(37-47(42,43)32-12-7-6-8-13-32)16-19-34(33)46-28(3)11-9-10-20-45-35(26)24-38(4)23-29-14-17-31(44-5)18-15-29/h6-8,12-19,21,26-28,35,37,40H,9-11,20,22-25H2,1-5H3/t26-,27+,28-,35+/m1/s1. The molecule has 3 aromatic rings. The molecule has 0 bridgehead atoms. The van der Waals surface area contributed by atoms with Gasteiger partial charge in [-0.05, 0) is 88.2 Å². The molecule has 1 amide bonds. The smallest absolute Gasteiger partial charge is 0.261 e. The fourth-order valence-electron chi connectivity index (χ4n) is 5.68. The number of sulfonamides is 1. The van der Waals surface area contributed by atoms with E-state index in [2.05, 4.69) is 23.6 Å². The number of aliphatic hydroxyl groups excluding tert-OH is 1. The molecule has 1 aliphatic rings. The van der Waals surface area contributed by atoms with E-state index in [-0.39, 0.29) is 46.8 Å². The second-order valence-corrected chi connectivity index (χ2v) is 14.2. The molecule has 10 nitrogen and oxygen atoms in total. The molecule has 3 aromatic carbocycles. The van der Waals surface area contributed by atoms with Crippen LogP contribution >= 0.6 is 0 Å². The summed E-state index contributed by atoms with van der Waals surface area (Å²) in [5, 5.41) is 10.2. The van der Waals surface area contributed by atoms with Crippen molar-refractivity contribution in [3.63, 3.8) is 0 Å². The molecule has 4 atom stereocenters. The summed E-state index contributed by atoms with van der Waals surface area (Å²) >= 11 is 0. The van der Waals surface area contributed by atoms with Gasteiger partial charge in [0.25, 0.3) is 15.9 Å². The maximum absolute atomic E-state index is 14.4. The Kier molecular flexibility index (Phi) is 13.1. The molecule has 0 fully saturated rings. The minimum absolute atomic E-state index is 0.0859. The van der Waals surface area contributed by atoms with Crippen molar-refractivity contribution < 1.29 is 32.5 Å². The summed E-state index contributed by atoms with van der Waals surface area (Å²) in [6, 6.07) is 20.3. The van der Waals surface area contributed by atoms with Crippen molar-refractivity contribution in [2.24, 2.45) is 5.92 Å². The number of nitrogens with one attached hydrogen (secondary N) is 1. The summed E-state index contributed by atoms with van der Waals surface area (Å²) < 4.78 is 46.9. The zero-order chi connectivity index (χ0) is 34.0. The lowest BCUT2D eigenvalue weighted by atomic mass is 10.0. The monoisotopic (exact) mass is 667 g/mol. The molecule has 0 unspecified atom stereocenters. The minimum Gasteiger partial charge on any atom is -0.497 e. The minimum atomic E-state index is -3.89. The number of methoxy groups -OCH3 is 1. The highest BCUT2D eigenvalue weighted by Crippen LogP contribution is 2.29. The summed E-state index contributed by atoms with van der Waals surface area (Å²) in [4.78, 5) is 18.3. The number of ether oxygens (including phenoxy) is 3. The van der Waals surface area contributed by atoms with Gasteiger partial charge in [0.05, 0.1) is 42.4 Å². The van der Waals surface area contributed by atoms with E-state index in [0.717, 1.165) is 37.1 Å². The first kappa shape index (κ1) is 36.2. The zero-order valence-corrected chi connectivity index (χ0v) is 28.9. The average molecular weight is 668 g/mol. The highest BCUT2D eigenvalue weighted by atomic mass is 32.2. The Balaban J connectivity index is 1.62. The molecule has 0 saturated heterocycles. The molecule has 47 heavy (non-hydrogen) atoms. The number of amides is 1. The third-order valence-electron chi connectivity index (χ3n) is 8.46. The summed E-state index contributed by atoms with van der Waals surface area (Å²) in [6.45, 7) is 7.84. The first-order valence-corrected chi connectivity index (χ1v) is 17.7. The molecular weight excluding hydrogens is 618 g/mol. The van der Waals surface area contributed by atoms with Crippen LogP contribution in [0, 0.1) is 5.92 Å². The normalized spacial score (nSPS) is 20.5. The fraction of sp³-hybridized carbons (Fsp3) is 0.472. The van der Waals surface area contributed by atoms with Gasteiger partial charge in [0.15, 0.2) is 0 Å². The number of carbonyl (C=O) groups excluding carboxylic acids is 1. The van der Waals surface area contributed by atoms with Gasteiger partial charge in [-0.25, -0.2) is 8.42 Å². The molecule has 0 spiro atoms. The third-order valence-corrected chi connectivity index (χ3v) is 9.86.